The first kappa shape index (κ1) is 20.2. The number of morpholine rings is 1. The van der Waals surface area contributed by atoms with E-state index in [-0.39, 0.29) is 11.9 Å². The van der Waals surface area contributed by atoms with Crippen molar-refractivity contribution in [3.05, 3.63) is 29.8 Å². The highest BCUT2D eigenvalue weighted by Crippen LogP contribution is 2.11. The van der Waals surface area contributed by atoms with Gasteiger partial charge in [-0.2, -0.15) is 0 Å². The standard InChI is InChI=1S/C19H29N3O4/c1-15(2)14-26-19(20-8-9-22-10-12-25-13-11-22)21-18(23)16-4-6-17(24-3)7-5-16/h4-7,15H,8-14H2,1-3H3,(H,20,21,23). The lowest BCUT2D eigenvalue weighted by Crippen LogP contribution is -2.38. The number of ether oxygens (including phenoxy) is 3. The summed E-state index contributed by atoms with van der Waals surface area (Å²) in [6, 6.07) is 7.19. The van der Waals surface area contributed by atoms with Crippen LogP contribution in [0.15, 0.2) is 29.3 Å². The molecular weight excluding hydrogens is 334 g/mol. The first-order chi connectivity index (χ1) is 12.6. The highest BCUT2D eigenvalue weighted by Gasteiger charge is 2.12. The Hall–Kier alpha value is -2.12. The zero-order valence-corrected chi connectivity index (χ0v) is 15.9. The van der Waals surface area contributed by atoms with Gasteiger partial charge < -0.3 is 14.2 Å². The van der Waals surface area contributed by atoms with Gasteiger partial charge >= 0.3 is 0 Å². The number of amidine groups is 1. The van der Waals surface area contributed by atoms with Gasteiger partial charge in [0.2, 0.25) is 0 Å². The second-order valence-electron chi connectivity index (χ2n) is 6.53. The van der Waals surface area contributed by atoms with E-state index in [1.807, 2.05) is 0 Å². The number of hydrogen-bond acceptors (Lipinski definition) is 6. The van der Waals surface area contributed by atoms with E-state index in [2.05, 4.69) is 29.1 Å². The van der Waals surface area contributed by atoms with Gasteiger partial charge in [0.25, 0.3) is 11.9 Å². The summed E-state index contributed by atoms with van der Waals surface area (Å²) in [5.74, 6) is 0.802. The van der Waals surface area contributed by atoms with Gasteiger partial charge in [0.15, 0.2) is 0 Å². The Kier molecular flexibility index (Phi) is 8.37. The largest absolute Gasteiger partial charge is 0.497 e. The minimum atomic E-state index is -0.249. The number of methoxy groups -OCH3 is 1. The number of benzene rings is 1. The molecule has 26 heavy (non-hydrogen) atoms. The summed E-state index contributed by atoms with van der Waals surface area (Å²) in [6.45, 7) is 9.33. The maximum Gasteiger partial charge on any atom is 0.291 e. The molecule has 1 aromatic carbocycles. The molecule has 0 aromatic heterocycles. The molecule has 0 spiro atoms. The average Bonchev–Trinajstić information content (AvgIpc) is 2.66. The van der Waals surface area contributed by atoms with E-state index in [9.17, 15) is 4.79 Å². The van der Waals surface area contributed by atoms with E-state index in [4.69, 9.17) is 14.2 Å². The van der Waals surface area contributed by atoms with E-state index in [1.165, 1.54) is 0 Å². The number of nitrogens with zero attached hydrogens (tertiary/aromatic N) is 2. The number of hydrogen-bond donors (Lipinski definition) is 1. The van der Waals surface area contributed by atoms with Crippen LogP contribution in [0.4, 0.5) is 0 Å². The van der Waals surface area contributed by atoms with Gasteiger partial charge in [0.05, 0.1) is 33.5 Å². The first-order valence-corrected chi connectivity index (χ1v) is 9.01. The fraction of sp³-hybridized carbons (Fsp3) is 0.579. The summed E-state index contributed by atoms with van der Waals surface area (Å²) < 4.78 is 16.1. The van der Waals surface area contributed by atoms with Gasteiger partial charge in [-0.25, -0.2) is 4.99 Å². The van der Waals surface area contributed by atoms with Crippen LogP contribution < -0.4 is 10.1 Å². The molecule has 0 saturated carbocycles. The highest BCUT2D eigenvalue weighted by atomic mass is 16.5. The predicted octanol–water partition coefficient (Wildman–Crippen LogP) is 1.79. The summed E-state index contributed by atoms with van der Waals surface area (Å²) in [5.41, 5.74) is 0.528. The third-order valence-electron chi connectivity index (χ3n) is 3.90. The zero-order valence-electron chi connectivity index (χ0n) is 15.9. The van der Waals surface area contributed by atoms with Crippen molar-refractivity contribution in [2.75, 3.05) is 53.1 Å². The molecule has 1 saturated heterocycles. The van der Waals surface area contributed by atoms with Crippen LogP contribution >= 0.6 is 0 Å². The van der Waals surface area contributed by atoms with E-state index < -0.39 is 0 Å². The van der Waals surface area contributed by atoms with Gasteiger partial charge in [0.1, 0.15) is 5.75 Å². The van der Waals surface area contributed by atoms with Gasteiger partial charge in [-0.1, -0.05) is 13.8 Å². The van der Waals surface area contributed by atoms with Crippen molar-refractivity contribution in [1.82, 2.24) is 10.2 Å². The minimum Gasteiger partial charge on any atom is -0.497 e. The van der Waals surface area contributed by atoms with Crippen LogP contribution in [0.2, 0.25) is 0 Å². The molecule has 1 aliphatic rings. The predicted molar refractivity (Wildman–Crippen MR) is 101 cm³/mol. The third kappa shape index (κ3) is 7.01. The topological polar surface area (TPSA) is 72.4 Å². The Labute approximate surface area is 155 Å². The minimum absolute atomic E-state index is 0.249. The molecule has 7 nitrogen and oxygen atoms in total. The molecule has 0 radical (unpaired) electrons. The van der Waals surface area contributed by atoms with E-state index in [1.54, 1.807) is 31.4 Å². The molecule has 0 aliphatic carbocycles. The summed E-state index contributed by atoms with van der Waals surface area (Å²) in [6.07, 6.45) is 0. The summed E-state index contributed by atoms with van der Waals surface area (Å²) >= 11 is 0. The summed E-state index contributed by atoms with van der Waals surface area (Å²) in [7, 11) is 1.59. The van der Waals surface area contributed by atoms with Crippen LogP contribution in [0.5, 0.6) is 5.75 Å². The monoisotopic (exact) mass is 363 g/mol. The highest BCUT2D eigenvalue weighted by molar-refractivity contribution is 6.04. The Morgan fingerprint density at radius 2 is 1.96 bits per heavy atom. The Morgan fingerprint density at radius 3 is 2.58 bits per heavy atom. The van der Waals surface area contributed by atoms with Crippen molar-refractivity contribution in [2.45, 2.75) is 13.8 Å². The first-order valence-electron chi connectivity index (χ1n) is 9.01. The molecule has 7 heteroatoms. The second kappa shape index (κ2) is 10.8. The van der Waals surface area contributed by atoms with E-state index in [0.29, 0.717) is 30.4 Å². The van der Waals surface area contributed by atoms with Crippen molar-refractivity contribution < 1.29 is 19.0 Å². The van der Waals surface area contributed by atoms with Crippen molar-refractivity contribution >= 4 is 11.9 Å². The Bertz CT molecular complexity index is 581. The number of amides is 1. The fourth-order valence-corrected chi connectivity index (χ4v) is 2.40. The SMILES string of the molecule is COc1ccc(C(=O)NC(=NCCN2CCOCC2)OCC(C)C)cc1. The van der Waals surface area contributed by atoms with E-state index in [0.717, 1.165) is 32.8 Å². The molecular formula is C19H29N3O4. The van der Waals surface area contributed by atoms with Crippen LogP contribution in [0.3, 0.4) is 0 Å². The molecule has 0 atom stereocenters. The number of carbonyl (C=O) groups is 1. The van der Waals surface area contributed by atoms with Crippen LogP contribution in [0.1, 0.15) is 24.2 Å². The molecule has 1 N–H and O–H groups in total. The lowest BCUT2D eigenvalue weighted by atomic mass is 10.2. The van der Waals surface area contributed by atoms with E-state index >= 15 is 0 Å². The summed E-state index contributed by atoms with van der Waals surface area (Å²) in [4.78, 5) is 19.2. The third-order valence-corrected chi connectivity index (χ3v) is 3.90. The van der Waals surface area contributed by atoms with Crippen molar-refractivity contribution in [2.24, 2.45) is 10.9 Å². The molecule has 1 amide bonds. The second-order valence-corrected chi connectivity index (χ2v) is 6.53. The van der Waals surface area contributed by atoms with Gasteiger partial charge in [0, 0.05) is 25.2 Å². The van der Waals surface area contributed by atoms with Crippen LogP contribution in [-0.4, -0.2) is 69.9 Å². The lowest BCUT2D eigenvalue weighted by molar-refractivity contribution is 0.0394. The fourth-order valence-electron chi connectivity index (χ4n) is 2.40. The molecule has 1 heterocycles. The maximum atomic E-state index is 12.4. The van der Waals surface area contributed by atoms with Crippen LogP contribution in [-0.2, 0) is 9.47 Å². The summed E-state index contributed by atoms with van der Waals surface area (Å²) in [5, 5.41) is 2.77. The normalized spacial score (nSPS) is 15.8. The van der Waals surface area contributed by atoms with Crippen molar-refractivity contribution in [1.29, 1.82) is 0 Å². The molecule has 0 unspecified atom stereocenters. The zero-order chi connectivity index (χ0) is 18.8. The number of nitrogens with one attached hydrogen (secondary N) is 1. The molecule has 1 aromatic rings. The number of rotatable bonds is 7. The number of carbonyl (C=O) groups excluding carboxylic acids is 1. The smallest absolute Gasteiger partial charge is 0.291 e. The molecule has 1 aliphatic heterocycles. The van der Waals surface area contributed by atoms with Crippen LogP contribution in [0.25, 0.3) is 0 Å². The molecule has 0 bridgehead atoms. The quantitative estimate of drug-likeness (QED) is 0.591. The van der Waals surface area contributed by atoms with Gasteiger partial charge in [-0.05, 0) is 30.2 Å². The molecule has 144 valence electrons. The maximum absolute atomic E-state index is 12.4. The number of aliphatic imine (C=N–C) groups is 1. The average molecular weight is 363 g/mol. The van der Waals surface area contributed by atoms with Crippen molar-refractivity contribution in [3.8, 4) is 5.75 Å². The Balaban J connectivity index is 1.93. The lowest BCUT2D eigenvalue weighted by Gasteiger charge is -2.25. The van der Waals surface area contributed by atoms with Crippen LogP contribution in [0, 0.1) is 5.92 Å². The molecule has 1 fully saturated rings. The van der Waals surface area contributed by atoms with Crippen molar-refractivity contribution in [3.63, 3.8) is 0 Å². The van der Waals surface area contributed by atoms with Gasteiger partial charge in [-0.15, -0.1) is 0 Å². The Morgan fingerprint density at radius 1 is 1.27 bits per heavy atom. The van der Waals surface area contributed by atoms with Gasteiger partial charge in [-0.3, -0.25) is 15.0 Å². The molecule has 2 rings (SSSR count).